The molecule has 2 aromatic carbocycles. The molecule has 2 amide bonds. The van der Waals surface area contributed by atoms with Gasteiger partial charge < -0.3 is 15.6 Å². The number of amides is 2. The van der Waals surface area contributed by atoms with Crippen LogP contribution in [0.25, 0.3) is 11.3 Å². The monoisotopic (exact) mass is 394 g/mol. The standard InChI is InChI=1S/C21H22N4O2S/c1-14-7-6-10-17(15(14)2)24-20(27)19(26)22-11-12-28-21-23-13-18(25-21)16-8-4-3-5-9-16/h3-10,13H,11-12H2,1-2H3,(H,22,26)(H,23,25)(H,24,27). The molecule has 0 saturated carbocycles. The van der Waals surface area contributed by atoms with Crippen molar-refractivity contribution in [3.8, 4) is 11.3 Å². The van der Waals surface area contributed by atoms with Gasteiger partial charge in [0.05, 0.1) is 11.9 Å². The zero-order valence-electron chi connectivity index (χ0n) is 15.8. The summed E-state index contributed by atoms with van der Waals surface area (Å²) in [5.41, 5.74) is 4.67. The number of anilines is 1. The smallest absolute Gasteiger partial charge is 0.313 e. The molecule has 6 nitrogen and oxygen atoms in total. The van der Waals surface area contributed by atoms with Crippen LogP contribution in [0, 0.1) is 13.8 Å². The molecular weight excluding hydrogens is 372 g/mol. The van der Waals surface area contributed by atoms with Gasteiger partial charge in [-0.3, -0.25) is 9.59 Å². The van der Waals surface area contributed by atoms with Gasteiger partial charge in [-0.05, 0) is 36.6 Å². The summed E-state index contributed by atoms with van der Waals surface area (Å²) < 4.78 is 0. The molecular formula is C21H22N4O2S. The van der Waals surface area contributed by atoms with Crippen LogP contribution >= 0.6 is 11.8 Å². The van der Waals surface area contributed by atoms with E-state index in [1.807, 2.05) is 56.3 Å². The fourth-order valence-electron chi connectivity index (χ4n) is 2.60. The number of nitrogens with zero attached hydrogens (tertiary/aromatic N) is 1. The Morgan fingerprint density at radius 3 is 2.61 bits per heavy atom. The SMILES string of the molecule is Cc1cccc(NC(=O)C(=O)NCCSc2ncc(-c3ccccc3)[nH]2)c1C. The van der Waals surface area contributed by atoms with Crippen molar-refractivity contribution in [1.29, 1.82) is 0 Å². The highest BCUT2D eigenvalue weighted by atomic mass is 32.2. The number of rotatable bonds is 6. The maximum absolute atomic E-state index is 12.1. The highest BCUT2D eigenvalue weighted by Crippen LogP contribution is 2.21. The molecule has 0 radical (unpaired) electrons. The third kappa shape index (κ3) is 5.01. The van der Waals surface area contributed by atoms with E-state index in [9.17, 15) is 9.59 Å². The van der Waals surface area contributed by atoms with E-state index < -0.39 is 11.8 Å². The quantitative estimate of drug-likeness (QED) is 0.339. The van der Waals surface area contributed by atoms with Crippen molar-refractivity contribution >= 4 is 29.3 Å². The summed E-state index contributed by atoms with van der Waals surface area (Å²) >= 11 is 1.48. The lowest BCUT2D eigenvalue weighted by Crippen LogP contribution is -2.36. The van der Waals surface area contributed by atoms with Crippen LogP contribution in [0.2, 0.25) is 0 Å². The largest absolute Gasteiger partial charge is 0.347 e. The lowest BCUT2D eigenvalue weighted by atomic mass is 10.1. The van der Waals surface area contributed by atoms with Crippen LogP contribution in [0.3, 0.4) is 0 Å². The van der Waals surface area contributed by atoms with E-state index in [1.54, 1.807) is 12.3 Å². The van der Waals surface area contributed by atoms with Crippen LogP contribution in [0.1, 0.15) is 11.1 Å². The van der Waals surface area contributed by atoms with Gasteiger partial charge in [0.15, 0.2) is 5.16 Å². The van der Waals surface area contributed by atoms with Gasteiger partial charge >= 0.3 is 11.8 Å². The second-order valence-corrected chi connectivity index (χ2v) is 7.36. The number of nitrogens with one attached hydrogen (secondary N) is 3. The molecule has 7 heteroatoms. The molecule has 0 fully saturated rings. The van der Waals surface area contributed by atoms with E-state index in [4.69, 9.17) is 0 Å². The fraction of sp³-hybridized carbons (Fsp3) is 0.190. The molecule has 0 saturated heterocycles. The van der Waals surface area contributed by atoms with Crippen LogP contribution in [0.5, 0.6) is 0 Å². The van der Waals surface area contributed by atoms with Crippen molar-refractivity contribution in [2.24, 2.45) is 0 Å². The molecule has 0 unspecified atom stereocenters. The number of hydrogen-bond acceptors (Lipinski definition) is 4. The third-order valence-corrected chi connectivity index (χ3v) is 5.21. The zero-order valence-corrected chi connectivity index (χ0v) is 16.6. The van der Waals surface area contributed by atoms with Crippen LogP contribution in [-0.4, -0.2) is 34.1 Å². The number of carbonyl (C=O) groups is 2. The number of hydrogen-bond donors (Lipinski definition) is 3. The fourth-order valence-corrected chi connectivity index (χ4v) is 3.31. The number of aromatic nitrogens is 2. The number of imidazole rings is 1. The summed E-state index contributed by atoms with van der Waals surface area (Å²) in [6, 6.07) is 15.5. The van der Waals surface area contributed by atoms with Gasteiger partial charge in [0.2, 0.25) is 0 Å². The van der Waals surface area contributed by atoms with E-state index >= 15 is 0 Å². The van der Waals surface area contributed by atoms with Crippen LogP contribution in [0.4, 0.5) is 5.69 Å². The average molecular weight is 395 g/mol. The minimum Gasteiger partial charge on any atom is -0.347 e. The zero-order chi connectivity index (χ0) is 19.9. The Morgan fingerprint density at radius 1 is 1.04 bits per heavy atom. The summed E-state index contributed by atoms with van der Waals surface area (Å²) in [6.45, 7) is 4.23. The predicted molar refractivity (Wildman–Crippen MR) is 112 cm³/mol. The second-order valence-electron chi connectivity index (χ2n) is 6.27. The number of carbonyl (C=O) groups excluding carboxylic acids is 2. The van der Waals surface area contributed by atoms with E-state index in [0.717, 1.165) is 27.5 Å². The molecule has 0 spiro atoms. The molecule has 28 heavy (non-hydrogen) atoms. The first-order chi connectivity index (χ1) is 13.5. The van der Waals surface area contributed by atoms with Gasteiger partial charge in [-0.2, -0.15) is 0 Å². The summed E-state index contributed by atoms with van der Waals surface area (Å²) in [4.78, 5) is 31.6. The van der Waals surface area contributed by atoms with E-state index in [-0.39, 0.29) is 0 Å². The van der Waals surface area contributed by atoms with Crippen LogP contribution in [0.15, 0.2) is 59.9 Å². The Hall–Kier alpha value is -3.06. The normalized spacial score (nSPS) is 10.5. The van der Waals surface area contributed by atoms with E-state index in [0.29, 0.717) is 18.0 Å². The molecule has 0 aliphatic rings. The molecule has 3 N–H and O–H groups in total. The Labute approximate surface area is 168 Å². The second kappa shape index (κ2) is 9.23. The Morgan fingerprint density at radius 2 is 1.82 bits per heavy atom. The number of aryl methyl sites for hydroxylation is 1. The van der Waals surface area contributed by atoms with Crippen molar-refractivity contribution in [3.05, 3.63) is 65.9 Å². The Balaban J connectivity index is 1.44. The van der Waals surface area contributed by atoms with E-state index in [1.165, 1.54) is 11.8 Å². The summed E-state index contributed by atoms with van der Waals surface area (Å²) in [5, 5.41) is 6.06. The molecule has 0 atom stereocenters. The maximum atomic E-state index is 12.1. The van der Waals surface area contributed by atoms with Gasteiger partial charge in [0, 0.05) is 18.0 Å². The number of benzene rings is 2. The highest BCUT2D eigenvalue weighted by molar-refractivity contribution is 7.99. The topological polar surface area (TPSA) is 86.9 Å². The first-order valence-electron chi connectivity index (χ1n) is 8.93. The van der Waals surface area contributed by atoms with Crippen molar-refractivity contribution in [2.75, 3.05) is 17.6 Å². The molecule has 144 valence electrons. The predicted octanol–water partition coefficient (Wildman–Crippen LogP) is 3.54. The third-order valence-electron chi connectivity index (χ3n) is 4.32. The minimum atomic E-state index is -0.664. The summed E-state index contributed by atoms with van der Waals surface area (Å²) in [7, 11) is 0. The Kier molecular flexibility index (Phi) is 6.49. The lowest BCUT2D eigenvalue weighted by Gasteiger charge is -2.10. The summed E-state index contributed by atoms with van der Waals surface area (Å²) in [6.07, 6.45) is 1.79. The average Bonchev–Trinajstić information content (AvgIpc) is 3.18. The molecule has 1 aromatic heterocycles. The highest BCUT2D eigenvalue weighted by Gasteiger charge is 2.14. The lowest BCUT2D eigenvalue weighted by molar-refractivity contribution is -0.136. The van der Waals surface area contributed by atoms with Gasteiger partial charge in [-0.25, -0.2) is 4.98 Å². The van der Waals surface area contributed by atoms with Crippen molar-refractivity contribution in [1.82, 2.24) is 15.3 Å². The first kappa shape index (κ1) is 19.7. The van der Waals surface area contributed by atoms with Crippen LogP contribution in [-0.2, 0) is 9.59 Å². The molecule has 3 aromatic rings. The molecule has 3 rings (SSSR count). The summed E-state index contributed by atoms with van der Waals surface area (Å²) in [5.74, 6) is -0.710. The van der Waals surface area contributed by atoms with Gasteiger partial charge in [0.1, 0.15) is 0 Å². The van der Waals surface area contributed by atoms with Crippen molar-refractivity contribution in [2.45, 2.75) is 19.0 Å². The van der Waals surface area contributed by atoms with E-state index in [2.05, 4.69) is 20.6 Å². The van der Waals surface area contributed by atoms with Gasteiger partial charge in [-0.1, -0.05) is 54.2 Å². The van der Waals surface area contributed by atoms with Crippen molar-refractivity contribution in [3.63, 3.8) is 0 Å². The van der Waals surface area contributed by atoms with Gasteiger partial charge in [-0.15, -0.1) is 0 Å². The van der Waals surface area contributed by atoms with Crippen molar-refractivity contribution < 1.29 is 9.59 Å². The number of thioether (sulfide) groups is 1. The van der Waals surface area contributed by atoms with Gasteiger partial charge in [0.25, 0.3) is 0 Å². The molecule has 0 bridgehead atoms. The maximum Gasteiger partial charge on any atom is 0.313 e. The number of H-pyrrole nitrogens is 1. The number of aromatic amines is 1. The molecule has 1 heterocycles. The molecule has 0 aliphatic heterocycles. The van der Waals surface area contributed by atoms with Crippen LogP contribution < -0.4 is 10.6 Å². The first-order valence-corrected chi connectivity index (χ1v) is 9.92. The Bertz CT molecular complexity index is 970. The minimum absolute atomic E-state index is 0.366. The molecule has 0 aliphatic carbocycles.